The maximum Gasteiger partial charge on any atom is 0.253 e. The van der Waals surface area contributed by atoms with Crippen molar-refractivity contribution in [3.63, 3.8) is 0 Å². The van der Waals surface area contributed by atoms with Gasteiger partial charge < -0.3 is 19.8 Å². The Morgan fingerprint density at radius 2 is 1.74 bits per heavy atom. The van der Waals surface area contributed by atoms with E-state index in [1.54, 1.807) is 11.6 Å². The van der Waals surface area contributed by atoms with Crippen molar-refractivity contribution in [3.8, 4) is 22.4 Å². The van der Waals surface area contributed by atoms with E-state index < -0.39 is 0 Å². The van der Waals surface area contributed by atoms with E-state index in [-0.39, 0.29) is 5.56 Å². The standard InChI is InChI=1S/C25H27N5O/c1-16-12-20(15-29(3)25(16)31)24-17(2)21-6-4-18(13-22(21)28-24)19-5-7-23(27-14-19)30-10-8-26-9-11-30/h4-7,12-15,26,28H,8-11H2,1-3H3. The fraction of sp³-hybridized carbons (Fsp3) is 0.280. The first-order chi connectivity index (χ1) is 15.0. The summed E-state index contributed by atoms with van der Waals surface area (Å²) in [5, 5.41) is 4.57. The molecule has 3 aromatic heterocycles. The highest BCUT2D eigenvalue weighted by molar-refractivity contribution is 5.93. The molecule has 0 aliphatic carbocycles. The number of fused-ring (bicyclic) bond motifs is 1. The number of benzene rings is 1. The highest BCUT2D eigenvalue weighted by atomic mass is 16.1. The molecule has 0 spiro atoms. The Hall–Kier alpha value is -3.38. The Morgan fingerprint density at radius 3 is 2.45 bits per heavy atom. The Balaban J connectivity index is 1.50. The van der Waals surface area contributed by atoms with Gasteiger partial charge in [-0.15, -0.1) is 0 Å². The van der Waals surface area contributed by atoms with E-state index in [2.05, 4.69) is 52.5 Å². The van der Waals surface area contributed by atoms with Gasteiger partial charge in [0, 0.05) is 73.2 Å². The minimum atomic E-state index is 0.0385. The molecule has 0 radical (unpaired) electrons. The van der Waals surface area contributed by atoms with E-state index >= 15 is 0 Å². The largest absolute Gasteiger partial charge is 0.354 e. The van der Waals surface area contributed by atoms with Crippen LogP contribution in [0.15, 0.2) is 53.6 Å². The highest BCUT2D eigenvalue weighted by Gasteiger charge is 2.14. The quantitative estimate of drug-likeness (QED) is 0.538. The molecule has 31 heavy (non-hydrogen) atoms. The molecule has 4 aromatic rings. The van der Waals surface area contributed by atoms with Crippen LogP contribution < -0.4 is 15.8 Å². The van der Waals surface area contributed by atoms with Crippen LogP contribution >= 0.6 is 0 Å². The maximum absolute atomic E-state index is 12.1. The number of anilines is 1. The Bertz CT molecular complexity index is 1280. The van der Waals surface area contributed by atoms with Crippen LogP contribution in [0, 0.1) is 13.8 Å². The van der Waals surface area contributed by atoms with Crippen LogP contribution in [0.3, 0.4) is 0 Å². The lowest BCUT2D eigenvalue weighted by Gasteiger charge is -2.28. The second-order valence-corrected chi connectivity index (χ2v) is 8.36. The molecule has 0 saturated carbocycles. The molecular weight excluding hydrogens is 386 g/mol. The van der Waals surface area contributed by atoms with Gasteiger partial charge in [-0.05, 0) is 49.2 Å². The normalized spacial score (nSPS) is 14.4. The second-order valence-electron chi connectivity index (χ2n) is 8.36. The number of hydrogen-bond donors (Lipinski definition) is 2. The molecule has 6 heteroatoms. The summed E-state index contributed by atoms with van der Waals surface area (Å²) in [4.78, 5) is 22.7. The molecule has 1 aromatic carbocycles. The molecule has 4 heterocycles. The summed E-state index contributed by atoms with van der Waals surface area (Å²) < 4.78 is 1.65. The maximum atomic E-state index is 12.1. The summed E-state index contributed by atoms with van der Waals surface area (Å²) in [7, 11) is 1.80. The van der Waals surface area contributed by atoms with E-state index in [9.17, 15) is 4.79 Å². The third-order valence-electron chi connectivity index (χ3n) is 6.23. The number of rotatable bonds is 3. The van der Waals surface area contributed by atoms with Gasteiger partial charge in [0.15, 0.2) is 0 Å². The number of aromatic nitrogens is 3. The van der Waals surface area contributed by atoms with Gasteiger partial charge in [-0.25, -0.2) is 4.98 Å². The summed E-state index contributed by atoms with van der Waals surface area (Å²) in [5.41, 5.74) is 7.37. The molecule has 0 bridgehead atoms. The van der Waals surface area contributed by atoms with E-state index in [1.165, 1.54) is 10.9 Å². The van der Waals surface area contributed by atoms with Crippen LogP contribution in [0.1, 0.15) is 11.1 Å². The zero-order valence-electron chi connectivity index (χ0n) is 18.2. The van der Waals surface area contributed by atoms with Crippen LogP contribution in [0.2, 0.25) is 0 Å². The van der Waals surface area contributed by atoms with Gasteiger partial charge in [-0.3, -0.25) is 4.79 Å². The monoisotopic (exact) mass is 413 g/mol. The number of nitrogens with one attached hydrogen (secondary N) is 2. The SMILES string of the molecule is Cc1cc(-c2[nH]c3cc(-c4ccc(N5CCNCC5)nc4)ccc3c2C)cn(C)c1=O. The highest BCUT2D eigenvalue weighted by Crippen LogP contribution is 2.32. The average molecular weight is 414 g/mol. The predicted octanol–water partition coefficient (Wildman–Crippen LogP) is 3.62. The topological polar surface area (TPSA) is 66.0 Å². The second kappa shape index (κ2) is 7.71. The summed E-state index contributed by atoms with van der Waals surface area (Å²) in [6.45, 7) is 7.98. The van der Waals surface area contributed by atoms with Crippen molar-refractivity contribution in [1.82, 2.24) is 19.9 Å². The van der Waals surface area contributed by atoms with Crippen molar-refractivity contribution in [3.05, 3.63) is 70.3 Å². The molecular formula is C25H27N5O. The number of piperazine rings is 1. The minimum absolute atomic E-state index is 0.0385. The molecule has 0 amide bonds. The molecule has 1 saturated heterocycles. The van der Waals surface area contributed by atoms with Gasteiger partial charge in [0.05, 0.1) is 5.69 Å². The van der Waals surface area contributed by atoms with Crippen LogP contribution in [0.25, 0.3) is 33.3 Å². The van der Waals surface area contributed by atoms with Gasteiger partial charge in [0.1, 0.15) is 5.82 Å². The molecule has 1 aliphatic heterocycles. The minimum Gasteiger partial charge on any atom is -0.354 e. The third kappa shape index (κ3) is 3.53. The van der Waals surface area contributed by atoms with Gasteiger partial charge in [0.25, 0.3) is 5.56 Å². The summed E-state index contributed by atoms with van der Waals surface area (Å²) >= 11 is 0. The molecule has 1 aliphatic rings. The van der Waals surface area contributed by atoms with Crippen molar-refractivity contribution in [2.75, 3.05) is 31.1 Å². The molecule has 158 valence electrons. The van der Waals surface area contributed by atoms with E-state index in [1.807, 2.05) is 25.4 Å². The smallest absolute Gasteiger partial charge is 0.253 e. The lowest BCUT2D eigenvalue weighted by atomic mass is 10.0. The van der Waals surface area contributed by atoms with Gasteiger partial charge in [-0.2, -0.15) is 0 Å². The number of aryl methyl sites for hydroxylation is 3. The van der Waals surface area contributed by atoms with Gasteiger partial charge >= 0.3 is 0 Å². The van der Waals surface area contributed by atoms with Crippen molar-refractivity contribution >= 4 is 16.7 Å². The fourth-order valence-corrected chi connectivity index (χ4v) is 4.46. The molecule has 2 N–H and O–H groups in total. The summed E-state index contributed by atoms with van der Waals surface area (Å²) in [5.74, 6) is 1.04. The van der Waals surface area contributed by atoms with Gasteiger partial charge in [-0.1, -0.05) is 12.1 Å². The lowest BCUT2D eigenvalue weighted by Crippen LogP contribution is -2.43. The first-order valence-electron chi connectivity index (χ1n) is 10.7. The van der Waals surface area contributed by atoms with Crippen molar-refractivity contribution in [2.24, 2.45) is 7.05 Å². The Labute approximate surface area is 181 Å². The first kappa shape index (κ1) is 19.6. The zero-order chi connectivity index (χ0) is 21.5. The molecule has 0 unspecified atom stereocenters. The van der Waals surface area contributed by atoms with Crippen molar-refractivity contribution in [1.29, 1.82) is 0 Å². The predicted molar refractivity (Wildman–Crippen MR) is 127 cm³/mol. The molecule has 1 fully saturated rings. The molecule has 6 nitrogen and oxygen atoms in total. The number of H-pyrrole nitrogens is 1. The van der Waals surface area contributed by atoms with Crippen LogP contribution in [-0.2, 0) is 7.05 Å². The summed E-state index contributed by atoms with van der Waals surface area (Å²) in [6, 6.07) is 12.7. The van der Waals surface area contributed by atoms with Crippen molar-refractivity contribution < 1.29 is 0 Å². The number of hydrogen-bond acceptors (Lipinski definition) is 4. The lowest BCUT2D eigenvalue weighted by molar-refractivity contribution is 0.585. The van der Waals surface area contributed by atoms with Crippen LogP contribution in [-0.4, -0.2) is 40.7 Å². The van der Waals surface area contributed by atoms with Crippen molar-refractivity contribution in [2.45, 2.75) is 13.8 Å². The molecule has 0 atom stereocenters. The van der Waals surface area contributed by atoms with Crippen LogP contribution in [0.4, 0.5) is 5.82 Å². The Kier molecular flexibility index (Phi) is 4.87. The number of pyridine rings is 2. The van der Waals surface area contributed by atoms with E-state index in [0.717, 1.165) is 65.5 Å². The van der Waals surface area contributed by atoms with E-state index in [0.29, 0.717) is 0 Å². The zero-order valence-corrected chi connectivity index (χ0v) is 18.2. The average Bonchev–Trinajstić information content (AvgIpc) is 3.13. The molecule has 5 rings (SSSR count). The first-order valence-corrected chi connectivity index (χ1v) is 10.7. The van der Waals surface area contributed by atoms with Gasteiger partial charge in [0.2, 0.25) is 0 Å². The van der Waals surface area contributed by atoms with Crippen LogP contribution in [0.5, 0.6) is 0 Å². The van der Waals surface area contributed by atoms with E-state index in [4.69, 9.17) is 4.98 Å². The summed E-state index contributed by atoms with van der Waals surface area (Å²) in [6.07, 6.45) is 3.86. The number of nitrogens with zero attached hydrogens (tertiary/aromatic N) is 3. The Morgan fingerprint density at radius 1 is 0.968 bits per heavy atom. The third-order valence-corrected chi connectivity index (χ3v) is 6.23. The number of aromatic amines is 1. The fourth-order valence-electron chi connectivity index (χ4n) is 4.46.